The molecular weight excluding hydrogens is 388 g/mol. The summed E-state index contributed by atoms with van der Waals surface area (Å²) >= 11 is 5.96. The summed E-state index contributed by atoms with van der Waals surface area (Å²) in [7, 11) is 0. The Bertz CT molecular complexity index is 1060. The van der Waals surface area contributed by atoms with Crippen molar-refractivity contribution in [2.24, 2.45) is 5.92 Å². The van der Waals surface area contributed by atoms with Crippen LogP contribution in [0.2, 0.25) is 5.02 Å². The molecule has 144 valence electrons. The molecule has 2 aliphatic rings. The molecule has 2 saturated heterocycles. The molecule has 6 heteroatoms. The van der Waals surface area contributed by atoms with Crippen LogP contribution in [-0.4, -0.2) is 17.9 Å². The fraction of sp³-hybridized carbons (Fsp3) is 0.130. The molecule has 2 aliphatic heterocycles. The van der Waals surface area contributed by atoms with E-state index in [1.54, 1.807) is 29.3 Å². The Labute approximate surface area is 173 Å². The van der Waals surface area contributed by atoms with Crippen LogP contribution >= 0.6 is 11.6 Å². The molecule has 2 fully saturated rings. The molecule has 0 radical (unpaired) electrons. The number of para-hydroxylation sites is 1. The number of rotatable bonds is 3. The van der Waals surface area contributed by atoms with Gasteiger partial charge in [-0.25, -0.2) is 9.96 Å². The minimum Gasteiger partial charge on any atom is -0.273 e. The average Bonchev–Trinajstić information content (AvgIpc) is 3.27. The largest absolute Gasteiger partial charge is 0.273 e. The molecular formula is C23H17ClN2O3. The van der Waals surface area contributed by atoms with Crippen LogP contribution in [-0.2, 0) is 14.4 Å². The minimum atomic E-state index is -0.872. The van der Waals surface area contributed by atoms with Gasteiger partial charge in [-0.1, -0.05) is 60.1 Å². The predicted molar refractivity (Wildman–Crippen MR) is 110 cm³/mol. The molecule has 3 aromatic carbocycles. The molecule has 0 saturated carbocycles. The van der Waals surface area contributed by atoms with Crippen molar-refractivity contribution in [2.45, 2.75) is 12.1 Å². The van der Waals surface area contributed by atoms with Gasteiger partial charge in [0, 0.05) is 5.02 Å². The maximum atomic E-state index is 13.4. The topological polar surface area (TPSA) is 49.9 Å². The lowest BCUT2D eigenvalue weighted by atomic mass is 9.90. The summed E-state index contributed by atoms with van der Waals surface area (Å²) in [5.74, 6) is -1.27. The number of fused-ring (bicyclic) bond motifs is 1. The molecule has 0 aromatic heterocycles. The number of anilines is 2. The quantitative estimate of drug-likeness (QED) is 0.607. The summed E-state index contributed by atoms with van der Waals surface area (Å²) in [4.78, 5) is 33.9. The second-order valence-corrected chi connectivity index (χ2v) is 7.49. The molecule has 0 N–H and O–H groups in total. The number of amides is 2. The van der Waals surface area contributed by atoms with Crippen molar-refractivity contribution < 1.29 is 14.4 Å². The lowest BCUT2D eigenvalue weighted by Crippen LogP contribution is -2.37. The second kappa shape index (κ2) is 7.03. The van der Waals surface area contributed by atoms with E-state index in [-0.39, 0.29) is 11.8 Å². The fourth-order valence-electron chi connectivity index (χ4n) is 4.05. The van der Waals surface area contributed by atoms with Crippen LogP contribution in [0.25, 0.3) is 0 Å². The highest BCUT2D eigenvalue weighted by Crippen LogP contribution is 2.47. The average molecular weight is 405 g/mol. The Morgan fingerprint density at radius 1 is 0.724 bits per heavy atom. The maximum Gasteiger partial charge on any atom is 0.266 e. The third-order valence-corrected chi connectivity index (χ3v) is 5.60. The first kappa shape index (κ1) is 17.9. The Balaban J connectivity index is 1.58. The van der Waals surface area contributed by atoms with Crippen molar-refractivity contribution in [2.75, 3.05) is 9.96 Å². The number of imide groups is 1. The van der Waals surface area contributed by atoms with Crippen LogP contribution < -0.4 is 9.96 Å². The zero-order chi connectivity index (χ0) is 20.0. The van der Waals surface area contributed by atoms with E-state index in [0.717, 1.165) is 11.3 Å². The van der Waals surface area contributed by atoms with E-state index in [9.17, 15) is 9.59 Å². The van der Waals surface area contributed by atoms with Crippen LogP contribution in [0.5, 0.6) is 0 Å². The predicted octanol–water partition coefficient (Wildman–Crippen LogP) is 4.39. The van der Waals surface area contributed by atoms with E-state index in [4.69, 9.17) is 16.4 Å². The van der Waals surface area contributed by atoms with Gasteiger partial charge in [0.25, 0.3) is 5.91 Å². The normalized spacial score (nSPS) is 23.6. The Morgan fingerprint density at radius 2 is 1.34 bits per heavy atom. The maximum absolute atomic E-state index is 13.4. The summed E-state index contributed by atoms with van der Waals surface area (Å²) in [5, 5.41) is 2.24. The molecule has 2 amide bonds. The summed E-state index contributed by atoms with van der Waals surface area (Å²) in [6.07, 6.45) is -0.872. The van der Waals surface area contributed by atoms with Crippen LogP contribution in [0, 0.1) is 5.92 Å². The van der Waals surface area contributed by atoms with Crippen LogP contribution in [0.15, 0.2) is 84.9 Å². The van der Waals surface area contributed by atoms with Crippen LogP contribution in [0.3, 0.4) is 0 Å². The number of carbonyl (C=O) groups excluding carboxylic acids is 2. The number of hydrogen-bond donors (Lipinski definition) is 0. The Kier molecular flexibility index (Phi) is 4.34. The van der Waals surface area contributed by atoms with E-state index in [1.165, 1.54) is 4.90 Å². The lowest BCUT2D eigenvalue weighted by Gasteiger charge is -2.28. The van der Waals surface area contributed by atoms with Gasteiger partial charge >= 0.3 is 0 Å². The zero-order valence-corrected chi connectivity index (χ0v) is 16.1. The molecule has 5 nitrogen and oxygen atoms in total. The van der Waals surface area contributed by atoms with E-state index >= 15 is 0 Å². The molecule has 0 aliphatic carbocycles. The highest BCUT2D eigenvalue weighted by atomic mass is 35.5. The number of hydrogen-bond acceptors (Lipinski definition) is 4. The monoisotopic (exact) mass is 404 g/mol. The molecule has 5 rings (SSSR count). The number of halogens is 1. The Hall–Kier alpha value is -3.15. The van der Waals surface area contributed by atoms with Crippen molar-refractivity contribution >= 4 is 34.8 Å². The number of nitrogens with zero attached hydrogens (tertiary/aromatic N) is 2. The van der Waals surface area contributed by atoms with Crippen molar-refractivity contribution in [1.29, 1.82) is 0 Å². The number of hydroxylamine groups is 1. The van der Waals surface area contributed by atoms with Gasteiger partial charge in [0.1, 0.15) is 5.92 Å². The van der Waals surface area contributed by atoms with Gasteiger partial charge in [0.05, 0.1) is 17.4 Å². The van der Waals surface area contributed by atoms with E-state index in [2.05, 4.69) is 0 Å². The van der Waals surface area contributed by atoms with Crippen LogP contribution in [0.1, 0.15) is 11.6 Å². The van der Waals surface area contributed by atoms with Crippen LogP contribution in [0.4, 0.5) is 11.4 Å². The first-order valence-electron chi connectivity index (χ1n) is 9.34. The van der Waals surface area contributed by atoms with Crippen molar-refractivity contribution in [3.63, 3.8) is 0 Å². The standard InChI is InChI=1S/C23H17ClN2O3/c24-16-11-13-17(14-12-16)25-22(27)19-20(15-7-3-1-4-8-15)26(29-21(19)23(25)28)18-9-5-2-6-10-18/h1-14,19-21H/t19-,20+,21-/m0/s1. The van der Waals surface area contributed by atoms with Gasteiger partial charge < -0.3 is 0 Å². The summed E-state index contributed by atoms with van der Waals surface area (Å²) in [6.45, 7) is 0. The second-order valence-electron chi connectivity index (χ2n) is 7.06. The van der Waals surface area contributed by atoms with Gasteiger partial charge in [0.15, 0.2) is 6.10 Å². The van der Waals surface area contributed by atoms with Gasteiger partial charge in [-0.2, -0.15) is 0 Å². The van der Waals surface area contributed by atoms with E-state index in [0.29, 0.717) is 10.7 Å². The third kappa shape index (κ3) is 2.90. The summed E-state index contributed by atoms with van der Waals surface area (Å²) in [6, 6.07) is 25.5. The van der Waals surface area contributed by atoms with Gasteiger partial charge in [-0.15, -0.1) is 0 Å². The first-order valence-corrected chi connectivity index (χ1v) is 9.72. The van der Waals surface area contributed by atoms with Crippen molar-refractivity contribution in [1.82, 2.24) is 0 Å². The highest BCUT2D eigenvalue weighted by molar-refractivity contribution is 6.31. The molecule has 0 unspecified atom stereocenters. The molecule has 0 bridgehead atoms. The van der Waals surface area contributed by atoms with E-state index < -0.39 is 18.1 Å². The molecule has 0 spiro atoms. The minimum absolute atomic E-state index is 0.269. The fourth-order valence-corrected chi connectivity index (χ4v) is 4.17. The highest BCUT2D eigenvalue weighted by Gasteiger charge is 2.60. The molecule has 2 heterocycles. The summed E-state index contributed by atoms with van der Waals surface area (Å²) < 4.78 is 0. The molecule has 3 aromatic rings. The van der Waals surface area contributed by atoms with Gasteiger partial charge in [-0.3, -0.25) is 14.4 Å². The molecule has 3 atom stereocenters. The SMILES string of the molecule is O=C1[C@@H]2[C@H](ON(c3ccccc3)[C@@H]2c2ccccc2)C(=O)N1c1ccc(Cl)cc1. The number of carbonyl (C=O) groups is 2. The summed E-state index contributed by atoms with van der Waals surface area (Å²) in [5.41, 5.74) is 2.22. The zero-order valence-electron chi connectivity index (χ0n) is 15.3. The smallest absolute Gasteiger partial charge is 0.266 e. The van der Waals surface area contributed by atoms with Gasteiger partial charge in [-0.05, 0) is 42.0 Å². The first-order chi connectivity index (χ1) is 14.1. The van der Waals surface area contributed by atoms with Crippen molar-refractivity contribution in [3.8, 4) is 0 Å². The van der Waals surface area contributed by atoms with Crippen molar-refractivity contribution in [3.05, 3.63) is 95.5 Å². The Morgan fingerprint density at radius 3 is 2.00 bits per heavy atom. The lowest BCUT2D eigenvalue weighted by molar-refractivity contribution is -0.126. The van der Waals surface area contributed by atoms with E-state index in [1.807, 2.05) is 60.7 Å². The molecule has 29 heavy (non-hydrogen) atoms. The van der Waals surface area contributed by atoms with Gasteiger partial charge in [0.2, 0.25) is 5.91 Å². The third-order valence-electron chi connectivity index (χ3n) is 5.35. The number of benzene rings is 3.